The van der Waals surface area contributed by atoms with Crippen LogP contribution in [0.25, 0.3) is 10.6 Å². The van der Waals surface area contributed by atoms with Crippen LogP contribution in [0.1, 0.15) is 41.9 Å². The zero-order valence-electron chi connectivity index (χ0n) is 11.9. The number of halogens is 1. The lowest BCUT2D eigenvalue weighted by Gasteiger charge is -2.21. The molecule has 20 heavy (non-hydrogen) atoms. The van der Waals surface area contributed by atoms with Crippen LogP contribution in [-0.2, 0) is 6.42 Å². The molecule has 0 spiro atoms. The van der Waals surface area contributed by atoms with Gasteiger partial charge in [-0.25, -0.2) is 4.98 Å². The van der Waals surface area contributed by atoms with Crippen molar-refractivity contribution < 1.29 is 0 Å². The standard InChI is InChI=1S/C16H19BrN2S/c1-3-18-13-5-4-6-14-15(13)20-16(19-14)11-8-7-10(2)9-12(11)17/h7-9,13,18H,3-6H2,1-2H3. The third kappa shape index (κ3) is 2.69. The molecule has 4 heteroatoms. The summed E-state index contributed by atoms with van der Waals surface area (Å²) in [6.45, 7) is 5.31. The van der Waals surface area contributed by atoms with Crippen LogP contribution in [-0.4, -0.2) is 11.5 Å². The van der Waals surface area contributed by atoms with E-state index in [1.807, 2.05) is 11.3 Å². The molecule has 1 N–H and O–H groups in total. The van der Waals surface area contributed by atoms with Gasteiger partial charge in [0.2, 0.25) is 0 Å². The number of fused-ring (bicyclic) bond motifs is 1. The Morgan fingerprint density at radius 1 is 1.45 bits per heavy atom. The molecule has 0 radical (unpaired) electrons. The highest BCUT2D eigenvalue weighted by atomic mass is 79.9. The molecule has 0 bridgehead atoms. The van der Waals surface area contributed by atoms with E-state index in [0.29, 0.717) is 6.04 Å². The van der Waals surface area contributed by atoms with Crippen LogP contribution in [0.4, 0.5) is 0 Å². The fourth-order valence-corrected chi connectivity index (χ4v) is 4.84. The first-order valence-electron chi connectivity index (χ1n) is 7.18. The summed E-state index contributed by atoms with van der Waals surface area (Å²) < 4.78 is 1.14. The molecule has 0 aliphatic heterocycles. The number of rotatable bonds is 3. The summed E-state index contributed by atoms with van der Waals surface area (Å²) in [4.78, 5) is 6.34. The molecule has 0 amide bonds. The summed E-state index contributed by atoms with van der Waals surface area (Å²) in [5, 5.41) is 4.73. The van der Waals surface area contributed by atoms with Gasteiger partial charge in [-0.2, -0.15) is 0 Å². The number of aromatic nitrogens is 1. The summed E-state index contributed by atoms with van der Waals surface area (Å²) in [6.07, 6.45) is 3.59. The van der Waals surface area contributed by atoms with Crippen LogP contribution in [0.3, 0.4) is 0 Å². The fourth-order valence-electron chi connectivity index (χ4n) is 2.77. The number of nitrogens with one attached hydrogen (secondary N) is 1. The molecule has 1 aliphatic carbocycles. The maximum Gasteiger partial charge on any atom is 0.125 e. The number of aryl methyl sites for hydroxylation is 2. The molecule has 3 rings (SSSR count). The topological polar surface area (TPSA) is 24.9 Å². The normalized spacial score (nSPS) is 18.1. The van der Waals surface area contributed by atoms with Gasteiger partial charge in [-0.3, -0.25) is 0 Å². The van der Waals surface area contributed by atoms with Gasteiger partial charge in [-0.1, -0.05) is 35.0 Å². The van der Waals surface area contributed by atoms with Crippen molar-refractivity contribution in [1.29, 1.82) is 0 Å². The lowest BCUT2D eigenvalue weighted by molar-refractivity contribution is 0.476. The van der Waals surface area contributed by atoms with Gasteiger partial charge in [-0.15, -0.1) is 11.3 Å². The van der Waals surface area contributed by atoms with Gasteiger partial charge in [0.15, 0.2) is 0 Å². The average Bonchev–Trinajstić information content (AvgIpc) is 2.83. The van der Waals surface area contributed by atoms with Gasteiger partial charge in [0.25, 0.3) is 0 Å². The van der Waals surface area contributed by atoms with E-state index in [1.165, 1.54) is 34.5 Å². The summed E-state index contributed by atoms with van der Waals surface area (Å²) in [6, 6.07) is 6.99. The number of benzene rings is 1. The van der Waals surface area contributed by atoms with Crippen molar-refractivity contribution in [3.63, 3.8) is 0 Å². The zero-order chi connectivity index (χ0) is 14.1. The summed E-state index contributed by atoms with van der Waals surface area (Å²) >= 11 is 5.53. The predicted molar refractivity (Wildman–Crippen MR) is 89.3 cm³/mol. The SMILES string of the molecule is CCNC1CCCc2nc(-c3ccc(C)cc3Br)sc21. The first-order valence-corrected chi connectivity index (χ1v) is 8.79. The second-order valence-corrected chi connectivity index (χ2v) is 7.20. The van der Waals surface area contributed by atoms with E-state index in [4.69, 9.17) is 4.98 Å². The van der Waals surface area contributed by atoms with Crippen molar-refractivity contribution in [3.8, 4) is 10.6 Å². The minimum atomic E-state index is 0.499. The molecule has 0 fully saturated rings. The summed E-state index contributed by atoms with van der Waals surface area (Å²) in [5.74, 6) is 0. The van der Waals surface area contributed by atoms with Crippen LogP contribution < -0.4 is 5.32 Å². The van der Waals surface area contributed by atoms with E-state index >= 15 is 0 Å². The minimum absolute atomic E-state index is 0.499. The molecule has 0 saturated heterocycles. The lowest BCUT2D eigenvalue weighted by Crippen LogP contribution is -2.23. The molecule has 106 valence electrons. The third-order valence-corrected chi connectivity index (χ3v) is 5.66. The first kappa shape index (κ1) is 14.2. The number of hydrogen-bond acceptors (Lipinski definition) is 3. The van der Waals surface area contributed by atoms with Crippen molar-refractivity contribution in [2.45, 2.75) is 39.2 Å². The lowest BCUT2D eigenvalue weighted by atomic mass is 9.98. The highest BCUT2D eigenvalue weighted by Crippen LogP contribution is 2.39. The van der Waals surface area contributed by atoms with Crippen molar-refractivity contribution in [2.75, 3.05) is 6.54 Å². The van der Waals surface area contributed by atoms with Gasteiger partial charge in [0.1, 0.15) is 5.01 Å². The fraction of sp³-hybridized carbons (Fsp3) is 0.438. The Morgan fingerprint density at radius 3 is 3.05 bits per heavy atom. The van der Waals surface area contributed by atoms with Gasteiger partial charge < -0.3 is 5.32 Å². The largest absolute Gasteiger partial charge is 0.309 e. The Kier molecular flexibility index (Phi) is 4.24. The molecule has 1 atom stereocenters. The average molecular weight is 351 g/mol. The summed E-state index contributed by atoms with van der Waals surface area (Å²) in [5.41, 5.74) is 3.78. The second kappa shape index (κ2) is 5.96. The van der Waals surface area contributed by atoms with Crippen LogP contribution in [0.2, 0.25) is 0 Å². The first-order chi connectivity index (χ1) is 9.69. The second-order valence-electron chi connectivity index (χ2n) is 5.32. The Morgan fingerprint density at radius 2 is 2.30 bits per heavy atom. The van der Waals surface area contributed by atoms with E-state index in [-0.39, 0.29) is 0 Å². The van der Waals surface area contributed by atoms with E-state index < -0.39 is 0 Å². The predicted octanol–water partition coefficient (Wildman–Crippen LogP) is 4.87. The molecule has 1 aliphatic rings. The highest BCUT2D eigenvalue weighted by Gasteiger charge is 2.24. The van der Waals surface area contributed by atoms with E-state index in [0.717, 1.165) is 22.4 Å². The number of nitrogens with zero attached hydrogens (tertiary/aromatic N) is 1. The van der Waals surface area contributed by atoms with E-state index in [2.05, 4.69) is 53.3 Å². The van der Waals surface area contributed by atoms with Gasteiger partial charge in [-0.05, 0) is 44.4 Å². The Balaban J connectivity index is 2.00. The van der Waals surface area contributed by atoms with Crippen molar-refractivity contribution in [2.24, 2.45) is 0 Å². The molecule has 1 heterocycles. The highest BCUT2D eigenvalue weighted by molar-refractivity contribution is 9.10. The smallest absolute Gasteiger partial charge is 0.125 e. The molecule has 2 aromatic rings. The molecular weight excluding hydrogens is 332 g/mol. The zero-order valence-corrected chi connectivity index (χ0v) is 14.3. The number of hydrogen-bond donors (Lipinski definition) is 1. The molecule has 1 aromatic carbocycles. The minimum Gasteiger partial charge on any atom is -0.309 e. The van der Waals surface area contributed by atoms with Gasteiger partial charge in [0, 0.05) is 21.0 Å². The Labute approximate surface area is 132 Å². The van der Waals surface area contributed by atoms with Crippen LogP contribution >= 0.6 is 27.3 Å². The van der Waals surface area contributed by atoms with Crippen LogP contribution in [0.5, 0.6) is 0 Å². The van der Waals surface area contributed by atoms with Gasteiger partial charge >= 0.3 is 0 Å². The summed E-state index contributed by atoms with van der Waals surface area (Å²) in [7, 11) is 0. The maximum atomic E-state index is 4.89. The maximum absolute atomic E-state index is 4.89. The third-order valence-electron chi connectivity index (χ3n) is 3.76. The monoisotopic (exact) mass is 350 g/mol. The Hall–Kier alpha value is -0.710. The van der Waals surface area contributed by atoms with Crippen molar-refractivity contribution in [3.05, 3.63) is 38.8 Å². The molecule has 2 nitrogen and oxygen atoms in total. The molecular formula is C16H19BrN2S. The van der Waals surface area contributed by atoms with E-state index in [9.17, 15) is 0 Å². The van der Waals surface area contributed by atoms with Crippen molar-refractivity contribution >= 4 is 27.3 Å². The van der Waals surface area contributed by atoms with E-state index in [1.54, 1.807) is 0 Å². The van der Waals surface area contributed by atoms with Crippen LogP contribution in [0, 0.1) is 6.92 Å². The molecule has 1 aromatic heterocycles. The number of thiazole rings is 1. The Bertz CT molecular complexity index is 621. The van der Waals surface area contributed by atoms with Crippen LogP contribution in [0.15, 0.2) is 22.7 Å². The molecule has 0 saturated carbocycles. The van der Waals surface area contributed by atoms with Gasteiger partial charge in [0.05, 0.1) is 5.69 Å². The molecule has 1 unspecified atom stereocenters. The van der Waals surface area contributed by atoms with Crippen molar-refractivity contribution in [1.82, 2.24) is 10.3 Å². The quantitative estimate of drug-likeness (QED) is 0.854.